The Bertz CT molecular complexity index is 371. The Hall–Kier alpha value is -1.35. The number of hydrogen-bond donors (Lipinski definition) is 0. The maximum Gasteiger partial charge on any atom is 0.166 e. The number of methoxy groups -OCH3 is 2. The van der Waals surface area contributed by atoms with Gasteiger partial charge in [0, 0.05) is 24.7 Å². The highest BCUT2D eigenvalue weighted by atomic mass is 16.5. The van der Waals surface area contributed by atoms with E-state index < -0.39 is 0 Å². The summed E-state index contributed by atoms with van der Waals surface area (Å²) < 4.78 is 10.5. The van der Waals surface area contributed by atoms with Crippen molar-refractivity contribution in [3.8, 4) is 5.75 Å². The fraction of sp³-hybridized carbons (Fsp3) is 0.364. The number of Topliss-reactive ketones (excluding diaryl/α,β-unsaturated/α-hetero) is 1. The van der Waals surface area contributed by atoms with Gasteiger partial charge in [0.25, 0.3) is 0 Å². The lowest BCUT2D eigenvalue weighted by molar-refractivity contribution is 0.0805. The molecule has 2 rings (SSSR count). The second-order valence-electron chi connectivity index (χ2n) is 3.27. The molecule has 0 saturated carbocycles. The van der Waals surface area contributed by atoms with Gasteiger partial charge < -0.3 is 9.47 Å². The number of ether oxygens (including phenoxy) is 2. The van der Waals surface area contributed by atoms with E-state index in [1.165, 1.54) is 0 Å². The Morgan fingerprint density at radius 2 is 2.14 bits per heavy atom. The molecule has 74 valence electrons. The molecular weight excluding hydrogens is 180 g/mol. The molecule has 3 heteroatoms. The van der Waals surface area contributed by atoms with Gasteiger partial charge in [-0.05, 0) is 6.07 Å². The average molecular weight is 192 g/mol. The predicted molar refractivity (Wildman–Crippen MR) is 51.7 cm³/mol. The van der Waals surface area contributed by atoms with Crippen molar-refractivity contribution in [2.45, 2.75) is 12.5 Å². The SMILES string of the molecule is COc1cccc2c1C(OC)CC2=O. The van der Waals surface area contributed by atoms with Gasteiger partial charge in [-0.1, -0.05) is 12.1 Å². The number of fused-ring (bicyclic) bond motifs is 1. The van der Waals surface area contributed by atoms with Crippen LogP contribution in [-0.4, -0.2) is 20.0 Å². The lowest BCUT2D eigenvalue weighted by Gasteiger charge is -2.12. The number of carbonyl (C=O) groups is 1. The quantitative estimate of drug-likeness (QED) is 0.718. The average Bonchev–Trinajstić information content (AvgIpc) is 2.56. The molecule has 1 atom stereocenters. The van der Waals surface area contributed by atoms with Crippen molar-refractivity contribution in [3.05, 3.63) is 29.3 Å². The molecule has 0 amide bonds. The molecule has 1 aliphatic carbocycles. The molecule has 0 aliphatic heterocycles. The summed E-state index contributed by atoms with van der Waals surface area (Å²) in [7, 11) is 3.21. The maximum absolute atomic E-state index is 11.6. The highest BCUT2D eigenvalue weighted by Gasteiger charge is 2.31. The van der Waals surface area contributed by atoms with Crippen LogP contribution in [0.15, 0.2) is 18.2 Å². The topological polar surface area (TPSA) is 35.5 Å². The third-order valence-corrected chi connectivity index (χ3v) is 2.56. The zero-order valence-electron chi connectivity index (χ0n) is 8.24. The van der Waals surface area contributed by atoms with Crippen LogP contribution in [0.3, 0.4) is 0 Å². The zero-order chi connectivity index (χ0) is 10.1. The van der Waals surface area contributed by atoms with E-state index in [1.807, 2.05) is 18.2 Å². The second kappa shape index (κ2) is 3.42. The van der Waals surface area contributed by atoms with Gasteiger partial charge in [-0.15, -0.1) is 0 Å². The van der Waals surface area contributed by atoms with Crippen LogP contribution < -0.4 is 4.74 Å². The van der Waals surface area contributed by atoms with E-state index >= 15 is 0 Å². The third kappa shape index (κ3) is 1.21. The lowest BCUT2D eigenvalue weighted by Crippen LogP contribution is -1.98. The van der Waals surface area contributed by atoms with Crippen LogP contribution in [0.2, 0.25) is 0 Å². The Kier molecular flexibility index (Phi) is 2.25. The normalized spacial score (nSPS) is 19.6. The van der Waals surface area contributed by atoms with Crippen molar-refractivity contribution >= 4 is 5.78 Å². The molecule has 1 aliphatic rings. The first-order valence-corrected chi connectivity index (χ1v) is 4.50. The summed E-state index contributed by atoms with van der Waals surface area (Å²) in [6.07, 6.45) is 0.278. The molecular formula is C11H12O3. The summed E-state index contributed by atoms with van der Waals surface area (Å²) in [5.41, 5.74) is 1.62. The third-order valence-electron chi connectivity index (χ3n) is 2.56. The highest BCUT2D eigenvalue weighted by Crippen LogP contribution is 2.39. The largest absolute Gasteiger partial charge is 0.496 e. The van der Waals surface area contributed by atoms with Crippen molar-refractivity contribution in [2.75, 3.05) is 14.2 Å². The molecule has 0 saturated heterocycles. The van der Waals surface area contributed by atoms with E-state index in [1.54, 1.807) is 14.2 Å². The summed E-state index contributed by atoms with van der Waals surface area (Å²) in [5, 5.41) is 0. The lowest BCUT2D eigenvalue weighted by atomic mass is 10.1. The van der Waals surface area contributed by atoms with E-state index in [0.717, 1.165) is 16.9 Å². The van der Waals surface area contributed by atoms with Gasteiger partial charge in [0.2, 0.25) is 0 Å². The molecule has 0 bridgehead atoms. The fourth-order valence-corrected chi connectivity index (χ4v) is 1.88. The van der Waals surface area contributed by atoms with Crippen LogP contribution in [0.1, 0.15) is 28.4 Å². The van der Waals surface area contributed by atoms with Crippen LogP contribution >= 0.6 is 0 Å². The molecule has 1 unspecified atom stereocenters. The summed E-state index contributed by atoms with van der Waals surface area (Å²) in [6.45, 7) is 0. The molecule has 0 spiro atoms. The van der Waals surface area contributed by atoms with Gasteiger partial charge in [0.1, 0.15) is 5.75 Å². The van der Waals surface area contributed by atoms with Gasteiger partial charge in [0.05, 0.1) is 13.2 Å². The molecule has 1 aromatic rings. The van der Waals surface area contributed by atoms with Crippen molar-refractivity contribution in [1.29, 1.82) is 0 Å². The first-order chi connectivity index (χ1) is 6.77. The smallest absolute Gasteiger partial charge is 0.166 e. The molecule has 1 aromatic carbocycles. The van der Waals surface area contributed by atoms with Crippen molar-refractivity contribution in [3.63, 3.8) is 0 Å². The molecule has 0 heterocycles. The van der Waals surface area contributed by atoms with E-state index in [-0.39, 0.29) is 11.9 Å². The maximum atomic E-state index is 11.6. The molecule has 0 N–H and O–H groups in total. The van der Waals surface area contributed by atoms with Crippen LogP contribution in [0, 0.1) is 0 Å². The summed E-state index contributed by atoms with van der Waals surface area (Å²) >= 11 is 0. The Labute approximate surface area is 82.6 Å². The van der Waals surface area contributed by atoms with E-state index in [0.29, 0.717) is 6.42 Å². The molecule has 3 nitrogen and oxygen atoms in total. The monoisotopic (exact) mass is 192 g/mol. The van der Waals surface area contributed by atoms with Gasteiger partial charge in [-0.3, -0.25) is 4.79 Å². The number of ketones is 1. The first kappa shape index (κ1) is 9.21. The van der Waals surface area contributed by atoms with Gasteiger partial charge in [-0.2, -0.15) is 0 Å². The van der Waals surface area contributed by atoms with Crippen molar-refractivity contribution in [1.82, 2.24) is 0 Å². The minimum atomic E-state index is -0.145. The van der Waals surface area contributed by atoms with Crippen molar-refractivity contribution in [2.24, 2.45) is 0 Å². The van der Waals surface area contributed by atoms with Gasteiger partial charge >= 0.3 is 0 Å². The highest BCUT2D eigenvalue weighted by molar-refractivity contribution is 6.01. The molecule has 14 heavy (non-hydrogen) atoms. The first-order valence-electron chi connectivity index (χ1n) is 4.50. The number of benzene rings is 1. The van der Waals surface area contributed by atoms with Crippen LogP contribution in [0.4, 0.5) is 0 Å². The predicted octanol–water partition coefficient (Wildman–Crippen LogP) is 1.97. The van der Waals surface area contributed by atoms with Crippen LogP contribution in [-0.2, 0) is 4.74 Å². The molecule has 0 fully saturated rings. The molecule has 0 radical (unpaired) electrons. The van der Waals surface area contributed by atoms with Gasteiger partial charge in [0.15, 0.2) is 5.78 Å². The Morgan fingerprint density at radius 1 is 1.36 bits per heavy atom. The summed E-state index contributed by atoms with van der Waals surface area (Å²) in [6, 6.07) is 5.50. The fourth-order valence-electron chi connectivity index (χ4n) is 1.88. The number of hydrogen-bond acceptors (Lipinski definition) is 3. The Morgan fingerprint density at radius 3 is 2.79 bits per heavy atom. The minimum Gasteiger partial charge on any atom is -0.496 e. The standard InChI is InChI=1S/C11H12O3/c1-13-9-5-3-4-7-8(12)6-10(14-2)11(7)9/h3-5,10H,6H2,1-2H3. The van der Waals surface area contributed by atoms with E-state index in [2.05, 4.69) is 0 Å². The number of carbonyl (C=O) groups excluding carboxylic acids is 1. The second-order valence-corrected chi connectivity index (χ2v) is 3.27. The van der Waals surface area contributed by atoms with Crippen molar-refractivity contribution < 1.29 is 14.3 Å². The number of rotatable bonds is 2. The van der Waals surface area contributed by atoms with Crippen LogP contribution in [0.5, 0.6) is 5.75 Å². The summed E-state index contributed by atoms with van der Waals surface area (Å²) in [5.74, 6) is 0.867. The van der Waals surface area contributed by atoms with Crippen LogP contribution in [0.25, 0.3) is 0 Å². The van der Waals surface area contributed by atoms with E-state index in [4.69, 9.17) is 9.47 Å². The Balaban J connectivity index is 2.56. The minimum absolute atomic E-state index is 0.130. The van der Waals surface area contributed by atoms with E-state index in [9.17, 15) is 4.79 Å². The summed E-state index contributed by atoms with van der Waals surface area (Å²) in [4.78, 5) is 11.6. The zero-order valence-corrected chi connectivity index (χ0v) is 8.24. The molecule has 0 aromatic heterocycles. The van der Waals surface area contributed by atoms with Gasteiger partial charge in [-0.25, -0.2) is 0 Å².